The van der Waals surface area contributed by atoms with E-state index >= 15 is 0 Å². The van der Waals surface area contributed by atoms with E-state index in [9.17, 15) is 0 Å². The monoisotopic (exact) mass is 179 g/mol. The maximum atomic E-state index is 5.65. The zero-order valence-electron chi connectivity index (χ0n) is 8.03. The van der Waals surface area contributed by atoms with Gasteiger partial charge in [0.1, 0.15) is 5.82 Å². The van der Waals surface area contributed by atoms with Crippen molar-refractivity contribution in [2.45, 2.75) is 32.2 Å². The van der Waals surface area contributed by atoms with E-state index in [4.69, 9.17) is 11.5 Å². The van der Waals surface area contributed by atoms with Crippen molar-refractivity contribution >= 4 is 5.82 Å². The van der Waals surface area contributed by atoms with E-state index < -0.39 is 0 Å². The molecule has 3 heteroatoms. The smallest absolute Gasteiger partial charge is 0.123 e. The summed E-state index contributed by atoms with van der Waals surface area (Å²) in [6.45, 7) is 2.03. The molecular formula is C10H17N3. The summed E-state index contributed by atoms with van der Waals surface area (Å²) in [6.07, 6.45) is 4.95. The molecule has 0 saturated heterocycles. The normalized spacial score (nSPS) is 12.8. The Kier molecular flexibility index (Phi) is 3.71. The predicted molar refractivity (Wildman–Crippen MR) is 55.2 cm³/mol. The molecule has 0 saturated carbocycles. The second kappa shape index (κ2) is 4.82. The fourth-order valence-corrected chi connectivity index (χ4v) is 1.28. The van der Waals surface area contributed by atoms with E-state index in [0.717, 1.165) is 19.3 Å². The van der Waals surface area contributed by atoms with Crippen molar-refractivity contribution in [3.63, 3.8) is 0 Å². The van der Waals surface area contributed by atoms with Crippen LogP contribution >= 0.6 is 0 Å². The average molecular weight is 179 g/mol. The highest BCUT2D eigenvalue weighted by Gasteiger charge is 1.97. The standard InChI is InChI=1S/C10H17N3/c1-8(11)3-2-4-9-5-6-13-10(12)7-9/h5-8H,2-4,11H2,1H3,(H2,12,13). The second-order valence-corrected chi connectivity index (χ2v) is 3.46. The third kappa shape index (κ3) is 3.90. The van der Waals surface area contributed by atoms with Gasteiger partial charge in [0.05, 0.1) is 0 Å². The van der Waals surface area contributed by atoms with Gasteiger partial charge in [-0.3, -0.25) is 0 Å². The summed E-state index contributed by atoms with van der Waals surface area (Å²) in [6, 6.07) is 4.21. The topological polar surface area (TPSA) is 64.9 Å². The van der Waals surface area contributed by atoms with Crippen molar-refractivity contribution in [1.29, 1.82) is 0 Å². The van der Waals surface area contributed by atoms with Crippen molar-refractivity contribution < 1.29 is 0 Å². The van der Waals surface area contributed by atoms with E-state index in [-0.39, 0.29) is 0 Å². The first kappa shape index (κ1) is 9.99. The van der Waals surface area contributed by atoms with Crippen molar-refractivity contribution in [3.8, 4) is 0 Å². The lowest BCUT2D eigenvalue weighted by Gasteiger charge is -2.04. The first-order chi connectivity index (χ1) is 6.18. The van der Waals surface area contributed by atoms with Crippen LogP contribution in [0.25, 0.3) is 0 Å². The number of aromatic nitrogens is 1. The fourth-order valence-electron chi connectivity index (χ4n) is 1.28. The minimum atomic E-state index is 0.291. The molecule has 0 aliphatic rings. The van der Waals surface area contributed by atoms with Crippen LogP contribution in [-0.4, -0.2) is 11.0 Å². The predicted octanol–water partition coefficient (Wildman–Crippen LogP) is 1.33. The molecule has 0 bridgehead atoms. The summed E-state index contributed by atoms with van der Waals surface area (Å²) in [5.74, 6) is 0.596. The summed E-state index contributed by atoms with van der Waals surface area (Å²) in [7, 11) is 0. The molecule has 1 atom stereocenters. The molecule has 0 radical (unpaired) electrons. The molecule has 0 aromatic carbocycles. The largest absolute Gasteiger partial charge is 0.384 e. The van der Waals surface area contributed by atoms with Gasteiger partial charge in [0.2, 0.25) is 0 Å². The maximum Gasteiger partial charge on any atom is 0.123 e. The minimum absolute atomic E-state index is 0.291. The Bertz CT molecular complexity index is 258. The SMILES string of the molecule is CC(N)CCCc1ccnc(N)c1. The molecule has 1 unspecified atom stereocenters. The number of anilines is 1. The number of nitrogens with two attached hydrogens (primary N) is 2. The molecule has 1 heterocycles. The maximum absolute atomic E-state index is 5.65. The zero-order chi connectivity index (χ0) is 9.68. The summed E-state index contributed by atoms with van der Waals surface area (Å²) < 4.78 is 0. The van der Waals surface area contributed by atoms with Crippen LogP contribution in [0.3, 0.4) is 0 Å². The van der Waals surface area contributed by atoms with E-state index in [0.29, 0.717) is 11.9 Å². The molecular weight excluding hydrogens is 162 g/mol. The van der Waals surface area contributed by atoms with Gasteiger partial charge in [0.25, 0.3) is 0 Å². The number of hydrogen-bond donors (Lipinski definition) is 2. The van der Waals surface area contributed by atoms with Crippen LogP contribution in [-0.2, 0) is 6.42 Å². The highest BCUT2D eigenvalue weighted by atomic mass is 14.8. The van der Waals surface area contributed by atoms with Gasteiger partial charge in [-0.15, -0.1) is 0 Å². The molecule has 0 amide bonds. The van der Waals surface area contributed by atoms with Gasteiger partial charge in [0, 0.05) is 12.2 Å². The molecule has 1 aromatic rings. The van der Waals surface area contributed by atoms with Gasteiger partial charge in [-0.2, -0.15) is 0 Å². The van der Waals surface area contributed by atoms with Gasteiger partial charge in [0.15, 0.2) is 0 Å². The number of hydrogen-bond acceptors (Lipinski definition) is 3. The Balaban J connectivity index is 2.37. The van der Waals surface area contributed by atoms with Gasteiger partial charge in [-0.05, 0) is 43.9 Å². The van der Waals surface area contributed by atoms with Crippen molar-refractivity contribution in [2.75, 3.05) is 5.73 Å². The number of aryl methyl sites for hydroxylation is 1. The van der Waals surface area contributed by atoms with Crippen LogP contribution in [0.2, 0.25) is 0 Å². The Morgan fingerprint density at radius 1 is 1.54 bits per heavy atom. The Morgan fingerprint density at radius 2 is 2.31 bits per heavy atom. The van der Waals surface area contributed by atoms with Crippen molar-refractivity contribution in [1.82, 2.24) is 4.98 Å². The third-order valence-corrected chi connectivity index (χ3v) is 1.97. The second-order valence-electron chi connectivity index (χ2n) is 3.46. The number of nitrogen functional groups attached to an aromatic ring is 1. The Labute approximate surface area is 79.2 Å². The molecule has 0 aliphatic heterocycles. The molecule has 72 valence electrons. The molecule has 13 heavy (non-hydrogen) atoms. The molecule has 0 spiro atoms. The molecule has 0 fully saturated rings. The molecule has 3 nitrogen and oxygen atoms in total. The van der Waals surface area contributed by atoms with Gasteiger partial charge >= 0.3 is 0 Å². The van der Waals surface area contributed by atoms with E-state index in [2.05, 4.69) is 4.98 Å². The average Bonchev–Trinajstić information content (AvgIpc) is 2.03. The highest BCUT2D eigenvalue weighted by molar-refractivity contribution is 5.31. The van der Waals surface area contributed by atoms with Crippen LogP contribution in [0.5, 0.6) is 0 Å². The van der Waals surface area contributed by atoms with Crippen molar-refractivity contribution in [3.05, 3.63) is 23.9 Å². The fraction of sp³-hybridized carbons (Fsp3) is 0.500. The van der Waals surface area contributed by atoms with Crippen LogP contribution < -0.4 is 11.5 Å². The lowest BCUT2D eigenvalue weighted by atomic mass is 10.1. The van der Waals surface area contributed by atoms with E-state index in [1.807, 2.05) is 19.1 Å². The molecule has 1 aromatic heterocycles. The number of nitrogens with zero attached hydrogens (tertiary/aromatic N) is 1. The van der Waals surface area contributed by atoms with Gasteiger partial charge in [-0.25, -0.2) is 4.98 Å². The summed E-state index contributed by atoms with van der Waals surface area (Å²) in [4.78, 5) is 3.94. The van der Waals surface area contributed by atoms with Crippen LogP contribution in [0.4, 0.5) is 5.82 Å². The number of pyridine rings is 1. The first-order valence-corrected chi connectivity index (χ1v) is 4.64. The van der Waals surface area contributed by atoms with Gasteiger partial charge in [-0.1, -0.05) is 0 Å². The lowest BCUT2D eigenvalue weighted by molar-refractivity contribution is 0.624. The lowest BCUT2D eigenvalue weighted by Crippen LogP contribution is -2.14. The highest BCUT2D eigenvalue weighted by Crippen LogP contribution is 2.07. The summed E-state index contributed by atoms with van der Waals surface area (Å²) in [5, 5.41) is 0. The first-order valence-electron chi connectivity index (χ1n) is 4.64. The molecule has 1 rings (SSSR count). The molecule has 0 aliphatic carbocycles. The van der Waals surface area contributed by atoms with Crippen LogP contribution in [0.15, 0.2) is 18.3 Å². The third-order valence-electron chi connectivity index (χ3n) is 1.97. The molecule has 4 N–H and O–H groups in total. The Hall–Kier alpha value is -1.09. The summed E-state index contributed by atoms with van der Waals surface area (Å²) >= 11 is 0. The quantitative estimate of drug-likeness (QED) is 0.733. The minimum Gasteiger partial charge on any atom is -0.384 e. The van der Waals surface area contributed by atoms with Crippen molar-refractivity contribution in [2.24, 2.45) is 5.73 Å². The van der Waals surface area contributed by atoms with Gasteiger partial charge < -0.3 is 11.5 Å². The van der Waals surface area contributed by atoms with Crippen LogP contribution in [0, 0.1) is 0 Å². The zero-order valence-corrected chi connectivity index (χ0v) is 8.03. The Morgan fingerprint density at radius 3 is 2.92 bits per heavy atom. The van der Waals surface area contributed by atoms with E-state index in [1.165, 1.54) is 5.56 Å². The number of rotatable bonds is 4. The summed E-state index contributed by atoms with van der Waals surface area (Å²) in [5.41, 5.74) is 12.4. The van der Waals surface area contributed by atoms with Crippen LogP contribution in [0.1, 0.15) is 25.3 Å². The van der Waals surface area contributed by atoms with E-state index in [1.54, 1.807) is 6.20 Å².